The molecule has 0 saturated carbocycles. The predicted octanol–water partition coefficient (Wildman–Crippen LogP) is 12.3. The van der Waals surface area contributed by atoms with E-state index in [1.165, 1.54) is 89.9 Å². The quantitative estimate of drug-likeness (QED) is 0.0211. The Hall–Kier alpha value is -2.22. The number of carbonyl (C=O) groups is 1. The van der Waals surface area contributed by atoms with Gasteiger partial charge in [0.05, 0.1) is 19.5 Å². The number of allylic oxidation sites excluding steroid dienone is 11. The van der Waals surface area contributed by atoms with E-state index < -0.39 is 13.9 Å². The molecule has 0 heterocycles. The van der Waals surface area contributed by atoms with E-state index in [2.05, 4.69) is 74.6 Å². The van der Waals surface area contributed by atoms with Gasteiger partial charge < -0.3 is 20.1 Å². The molecule has 0 rings (SSSR count). The number of nitrogens with two attached hydrogens (primary N) is 1. The average Bonchev–Trinajstić information content (AvgIpc) is 3.14. The van der Waals surface area contributed by atoms with Crippen molar-refractivity contribution in [3.8, 4) is 0 Å². The third kappa shape index (κ3) is 39.0. The lowest BCUT2D eigenvalue weighted by Crippen LogP contribution is -2.25. The topological polar surface area (TPSA) is 117 Å². The van der Waals surface area contributed by atoms with Crippen LogP contribution < -0.4 is 5.73 Å². The van der Waals surface area contributed by atoms with Crippen LogP contribution in [0.4, 0.5) is 0 Å². The summed E-state index contributed by atoms with van der Waals surface area (Å²) in [5, 5.41) is 0. The first-order valence-corrected chi connectivity index (χ1v) is 22.0. The van der Waals surface area contributed by atoms with Crippen LogP contribution in [0.1, 0.15) is 162 Å². The van der Waals surface area contributed by atoms with Gasteiger partial charge in [-0.25, -0.2) is 4.57 Å². The van der Waals surface area contributed by atoms with Crippen LogP contribution in [-0.4, -0.2) is 43.3 Å². The molecule has 300 valence electrons. The summed E-state index contributed by atoms with van der Waals surface area (Å²) in [5.74, 6) is -0.349. The summed E-state index contributed by atoms with van der Waals surface area (Å²) >= 11 is 0. The van der Waals surface area contributed by atoms with Crippen LogP contribution in [0.15, 0.2) is 73.1 Å². The summed E-state index contributed by atoms with van der Waals surface area (Å²) in [6.07, 6.45) is 50.2. The minimum Gasteiger partial charge on any atom is -0.492 e. The van der Waals surface area contributed by atoms with E-state index in [4.69, 9.17) is 24.3 Å². The molecule has 0 aliphatic heterocycles. The highest BCUT2D eigenvalue weighted by Gasteiger charge is 2.24. The normalized spacial score (nSPS) is 14.2. The molecule has 3 N–H and O–H groups in total. The van der Waals surface area contributed by atoms with Crippen molar-refractivity contribution in [2.75, 3.05) is 26.4 Å². The molecule has 0 aliphatic carbocycles. The molecule has 0 bridgehead atoms. The van der Waals surface area contributed by atoms with Crippen molar-refractivity contribution in [2.45, 2.75) is 168 Å². The minimum atomic E-state index is -4.28. The zero-order valence-electron chi connectivity index (χ0n) is 33.0. The molecule has 9 heteroatoms. The van der Waals surface area contributed by atoms with Crippen LogP contribution in [0.5, 0.6) is 0 Å². The van der Waals surface area contributed by atoms with E-state index in [1.54, 1.807) is 6.26 Å². The van der Waals surface area contributed by atoms with Gasteiger partial charge in [0.1, 0.15) is 6.61 Å². The first kappa shape index (κ1) is 49.8. The number of carbonyl (C=O) groups excluding carboxylic acids is 1. The fourth-order valence-electron chi connectivity index (χ4n) is 5.08. The second-order valence-electron chi connectivity index (χ2n) is 13.2. The first-order chi connectivity index (χ1) is 25.4. The third-order valence-corrected chi connectivity index (χ3v) is 9.17. The molecule has 0 aliphatic rings. The Morgan fingerprint density at radius 1 is 0.596 bits per heavy atom. The van der Waals surface area contributed by atoms with Gasteiger partial charge in [-0.15, -0.1) is 0 Å². The van der Waals surface area contributed by atoms with Gasteiger partial charge >= 0.3 is 13.8 Å². The number of unbranched alkanes of at least 4 members (excludes halogenated alkanes) is 15. The largest absolute Gasteiger partial charge is 0.492 e. The zero-order valence-corrected chi connectivity index (χ0v) is 33.9. The Labute approximate surface area is 318 Å². The van der Waals surface area contributed by atoms with Gasteiger partial charge in [0.2, 0.25) is 0 Å². The first-order valence-electron chi connectivity index (χ1n) is 20.5. The smallest absolute Gasteiger partial charge is 0.472 e. The maximum absolute atomic E-state index is 12.4. The molecule has 0 saturated heterocycles. The van der Waals surface area contributed by atoms with E-state index in [0.717, 1.165) is 44.9 Å². The fourth-order valence-corrected chi connectivity index (χ4v) is 5.85. The number of phosphoric ester groups is 1. The summed E-state index contributed by atoms with van der Waals surface area (Å²) < 4.78 is 33.1. The highest BCUT2D eigenvalue weighted by atomic mass is 31.2. The van der Waals surface area contributed by atoms with E-state index in [-0.39, 0.29) is 38.8 Å². The number of phosphoric acid groups is 1. The van der Waals surface area contributed by atoms with E-state index in [1.807, 2.05) is 6.08 Å². The molecule has 2 unspecified atom stereocenters. The number of hydrogen-bond donors (Lipinski definition) is 2. The maximum Gasteiger partial charge on any atom is 0.472 e. The Kier molecular flexibility index (Phi) is 38.3. The Balaban J connectivity index is 4.24. The molecule has 52 heavy (non-hydrogen) atoms. The SMILES string of the molecule is CCCCCC=CCC=CCC=CCC=CCCCC(=O)OCC(COP(=O)(O)OCCN)OC=CCCCCCCCCC=CCCCCCC. The van der Waals surface area contributed by atoms with Crippen molar-refractivity contribution < 1.29 is 32.8 Å². The van der Waals surface area contributed by atoms with Gasteiger partial charge in [0.25, 0.3) is 0 Å². The molecule has 8 nitrogen and oxygen atoms in total. The monoisotopic (exact) mass is 750 g/mol. The molecular weight excluding hydrogens is 673 g/mol. The fraction of sp³-hybridized carbons (Fsp3) is 0.698. The second kappa shape index (κ2) is 40.0. The van der Waals surface area contributed by atoms with Crippen LogP contribution >= 0.6 is 7.82 Å². The van der Waals surface area contributed by atoms with Crippen LogP contribution in [-0.2, 0) is 27.9 Å². The lowest BCUT2D eigenvalue weighted by atomic mass is 10.1. The molecule has 0 amide bonds. The standard InChI is InChI=1S/C43H76NO7P/c1-3-5-7-9-11-13-15-17-19-21-22-24-26-28-30-32-34-36-43(45)49-40-42(41-51-52(46,47)50-39-37-44)48-38-35-33-31-29-27-25-23-20-18-16-14-12-10-8-6-4-2/h11,13-14,16-17,19,22,24,28,30,35,38,42H,3-10,12,15,18,20-21,23,25-27,29,31-34,36-37,39-41,44H2,1-2H3,(H,46,47). The van der Waals surface area contributed by atoms with Crippen molar-refractivity contribution in [2.24, 2.45) is 5.73 Å². The lowest BCUT2D eigenvalue weighted by Gasteiger charge is -2.19. The van der Waals surface area contributed by atoms with Gasteiger partial charge in [0, 0.05) is 13.0 Å². The molecule has 0 aromatic carbocycles. The highest BCUT2D eigenvalue weighted by Crippen LogP contribution is 2.43. The van der Waals surface area contributed by atoms with Crippen molar-refractivity contribution >= 4 is 13.8 Å². The third-order valence-electron chi connectivity index (χ3n) is 8.19. The Morgan fingerprint density at radius 2 is 1.04 bits per heavy atom. The molecule has 0 aromatic rings. The summed E-state index contributed by atoms with van der Waals surface area (Å²) in [6, 6.07) is 0. The molecular formula is C43H76NO7P. The zero-order chi connectivity index (χ0) is 38.1. The van der Waals surface area contributed by atoms with Gasteiger partial charge in [-0.05, 0) is 89.5 Å². The van der Waals surface area contributed by atoms with Crippen LogP contribution in [0, 0.1) is 0 Å². The van der Waals surface area contributed by atoms with Gasteiger partial charge in [-0.3, -0.25) is 13.8 Å². The van der Waals surface area contributed by atoms with Crippen molar-refractivity contribution in [3.05, 3.63) is 73.1 Å². The summed E-state index contributed by atoms with van der Waals surface area (Å²) in [7, 11) is -4.28. The van der Waals surface area contributed by atoms with Crippen LogP contribution in [0.3, 0.4) is 0 Å². The van der Waals surface area contributed by atoms with Crippen molar-refractivity contribution in [1.29, 1.82) is 0 Å². The van der Waals surface area contributed by atoms with Gasteiger partial charge in [-0.2, -0.15) is 0 Å². The van der Waals surface area contributed by atoms with E-state index in [0.29, 0.717) is 6.42 Å². The number of ether oxygens (including phenoxy) is 2. The number of esters is 1. The van der Waals surface area contributed by atoms with Crippen LogP contribution in [0.2, 0.25) is 0 Å². The molecule has 2 atom stereocenters. The second-order valence-corrected chi connectivity index (χ2v) is 14.7. The Morgan fingerprint density at radius 3 is 1.60 bits per heavy atom. The molecule has 0 fully saturated rings. The number of hydrogen-bond acceptors (Lipinski definition) is 7. The van der Waals surface area contributed by atoms with Crippen molar-refractivity contribution in [1.82, 2.24) is 0 Å². The van der Waals surface area contributed by atoms with Gasteiger partial charge in [0.15, 0.2) is 6.10 Å². The molecule has 0 aromatic heterocycles. The van der Waals surface area contributed by atoms with Crippen molar-refractivity contribution in [3.63, 3.8) is 0 Å². The summed E-state index contributed by atoms with van der Waals surface area (Å²) in [5.41, 5.74) is 5.35. The Bertz CT molecular complexity index is 1020. The van der Waals surface area contributed by atoms with E-state index >= 15 is 0 Å². The summed E-state index contributed by atoms with van der Waals surface area (Å²) in [6.45, 7) is 4.09. The minimum absolute atomic E-state index is 0.0891. The average molecular weight is 750 g/mol. The van der Waals surface area contributed by atoms with E-state index in [9.17, 15) is 14.3 Å². The van der Waals surface area contributed by atoms with Crippen LogP contribution in [0.25, 0.3) is 0 Å². The molecule has 0 radical (unpaired) electrons. The summed E-state index contributed by atoms with van der Waals surface area (Å²) in [4.78, 5) is 22.2. The molecule has 0 spiro atoms. The lowest BCUT2D eigenvalue weighted by molar-refractivity contribution is -0.147. The maximum atomic E-state index is 12.4. The number of rotatable bonds is 38. The highest BCUT2D eigenvalue weighted by molar-refractivity contribution is 7.47. The predicted molar refractivity (Wildman–Crippen MR) is 219 cm³/mol. The van der Waals surface area contributed by atoms with Gasteiger partial charge in [-0.1, -0.05) is 132 Å².